The third kappa shape index (κ3) is 4.18. The zero-order valence-corrected chi connectivity index (χ0v) is 15.9. The lowest BCUT2D eigenvalue weighted by molar-refractivity contribution is 0.132. The first-order chi connectivity index (χ1) is 13.4. The van der Waals surface area contributed by atoms with Crippen LogP contribution in [0.5, 0.6) is 0 Å². The van der Waals surface area contributed by atoms with E-state index < -0.39 is 17.7 Å². The summed E-state index contributed by atoms with van der Waals surface area (Å²) < 4.78 is 32.7. The highest BCUT2D eigenvalue weighted by atomic mass is 35.5. The van der Waals surface area contributed by atoms with Crippen LogP contribution in [0.25, 0.3) is 0 Å². The Balaban J connectivity index is 1.95. The predicted molar refractivity (Wildman–Crippen MR) is 101 cm³/mol. The number of anilines is 1. The Kier molecular flexibility index (Phi) is 6.00. The van der Waals surface area contributed by atoms with E-state index >= 15 is 0 Å². The van der Waals surface area contributed by atoms with Gasteiger partial charge in [0.15, 0.2) is 0 Å². The topological polar surface area (TPSA) is 56.6 Å². The average molecular weight is 406 g/mol. The molecule has 3 rings (SSSR count). The minimum absolute atomic E-state index is 0.0888. The third-order valence-electron chi connectivity index (χ3n) is 4.79. The Labute approximate surface area is 166 Å². The molecule has 28 heavy (non-hydrogen) atoms. The lowest BCUT2D eigenvalue weighted by atomic mass is 10.1. The lowest BCUT2D eigenvalue weighted by Gasteiger charge is -2.31. The van der Waals surface area contributed by atoms with Crippen LogP contribution >= 0.6 is 11.6 Å². The number of halogens is 3. The molecule has 2 aromatic rings. The van der Waals surface area contributed by atoms with E-state index in [0.29, 0.717) is 30.8 Å². The molecule has 1 aliphatic heterocycles. The lowest BCUT2D eigenvalue weighted by Crippen LogP contribution is -2.39. The maximum Gasteiger partial charge on any atom is 0.409 e. The van der Waals surface area contributed by atoms with Gasteiger partial charge in [0, 0.05) is 36.9 Å². The van der Waals surface area contributed by atoms with Crippen LogP contribution in [-0.2, 0) is 11.3 Å². The molecule has 1 atom stereocenters. The minimum Gasteiger partial charge on any atom is -0.453 e. The highest BCUT2D eigenvalue weighted by Crippen LogP contribution is 2.30. The molecule has 8 heteroatoms. The zero-order valence-electron chi connectivity index (χ0n) is 15.2. The molecule has 5 nitrogen and oxygen atoms in total. The minimum atomic E-state index is -0.531. The number of amides is 1. The maximum absolute atomic E-state index is 14.2. The van der Waals surface area contributed by atoms with E-state index in [-0.39, 0.29) is 23.2 Å². The summed E-state index contributed by atoms with van der Waals surface area (Å²) in [6, 6.07) is 10.1. The number of likely N-dealkylation sites (tertiary alicyclic amines) is 1. The van der Waals surface area contributed by atoms with Crippen LogP contribution in [0.2, 0.25) is 5.02 Å². The normalized spacial score (nSPS) is 16.0. The van der Waals surface area contributed by atoms with Gasteiger partial charge in [0.1, 0.15) is 17.7 Å². The molecule has 0 aromatic heterocycles. The summed E-state index contributed by atoms with van der Waals surface area (Å²) in [5.74, 6) is -1.05. The van der Waals surface area contributed by atoms with Crippen LogP contribution in [0.4, 0.5) is 19.3 Å². The second-order valence-electron chi connectivity index (χ2n) is 6.50. The molecule has 0 saturated carbocycles. The van der Waals surface area contributed by atoms with Crippen LogP contribution in [0.1, 0.15) is 17.5 Å². The van der Waals surface area contributed by atoms with Crippen LogP contribution in [-0.4, -0.2) is 37.2 Å². The van der Waals surface area contributed by atoms with Crippen molar-refractivity contribution in [3.05, 3.63) is 64.2 Å². The molecule has 0 N–H and O–H groups in total. The fourth-order valence-electron chi connectivity index (χ4n) is 3.34. The van der Waals surface area contributed by atoms with E-state index in [9.17, 15) is 13.6 Å². The highest BCUT2D eigenvalue weighted by molar-refractivity contribution is 6.32. The van der Waals surface area contributed by atoms with E-state index in [4.69, 9.17) is 21.6 Å². The molecule has 0 radical (unpaired) electrons. The summed E-state index contributed by atoms with van der Waals surface area (Å²) in [6.45, 7) is 0.955. The molecule has 1 amide bonds. The quantitative estimate of drug-likeness (QED) is 0.759. The number of benzene rings is 2. The van der Waals surface area contributed by atoms with Crippen molar-refractivity contribution in [3.63, 3.8) is 0 Å². The molecule has 0 unspecified atom stereocenters. The molecular formula is C20H18ClF2N3O2. The van der Waals surface area contributed by atoms with Gasteiger partial charge in [-0.15, -0.1) is 0 Å². The predicted octanol–water partition coefficient (Wildman–Crippen LogP) is 4.34. The summed E-state index contributed by atoms with van der Waals surface area (Å²) in [5.41, 5.74) is 1.17. The van der Waals surface area contributed by atoms with Crippen molar-refractivity contribution in [2.75, 3.05) is 25.1 Å². The fourth-order valence-corrected chi connectivity index (χ4v) is 3.56. The number of methoxy groups -OCH3 is 1. The Morgan fingerprint density at radius 2 is 2.14 bits per heavy atom. The number of ether oxygens (including phenoxy) is 1. The third-order valence-corrected chi connectivity index (χ3v) is 5.10. The summed E-state index contributed by atoms with van der Waals surface area (Å²) in [5, 5.41) is 9.36. The molecular weight excluding hydrogens is 388 g/mol. The monoisotopic (exact) mass is 405 g/mol. The second-order valence-corrected chi connectivity index (χ2v) is 6.91. The van der Waals surface area contributed by atoms with Crippen molar-refractivity contribution >= 4 is 23.4 Å². The van der Waals surface area contributed by atoms with Crippen LogP contribution in [0.15, 0.2) is 36.4 Å². The van der Waals surface area contributed by atoms with E-state index in [0.717, 1.165) is 18.2 Å². The Morgan fingerprint density at radius 3 is 2.82 bits per heavy atom. The molecule has 0 spiro atoms. The molecule has 2 aromatic carbocycles. The van der Waals surface area contributed by atoms with Crippen LogP contribution in [0.3, 0.4) is 0 Å². The van der Waals surface area contributed by atoms with Gasteiger partial charge in [-0.2, -0.15) is 5.26 Å². The number of hydrogen-bond acceptors (Lipinski definition) is 4. The molecule has 0 bridgehead atoms. The van der Waals surface area contributed by atoms with Crippen LogP contribution < -0.4 is 4.90 Å². The second kappa shape index (κ2) is 8.44. The maximum atomic E-state index is 14.2. The number of rotatable bonds is 4. The van der Waals surface area contributed by atoms with Gasteiger partial charge in [-0.1, -0.05) is 11.6 Å². The average Bonchev–Trinajstić information content (AvgIpc) is 3.17. The van der Waals surface area contributed by atoms with Crippen LogP contribution in [0, 0.1) is 23.0 Å². The largest absolute Gasteiger partial charge is 0.453 e. The number of carbonyl (C=O) groups is 1. The molecule has 1 heterocycles. The first kappa shape index (κ1) is 19.9. The van der Waals surface area contributed by atoms with Crippen molar-refractivity contribution < 1.29 is 18.3 Å². The summed E-state index contributed by atoms with van der Waals surface area (Å²) in [6.07, 6.45) is 0.196. The van der Waals surface area contributed by atoms with Gasteiger partial charge in [-0.3, -0.25) is 0 Å². The standard InChI is InChI=1S/C20H18ClF2N3O2/c1-28-20(27)25-7-6-17(12-25)26(11-14-8-15(22)3-5-19(14)23)16-4-2-13(10-24)18(21)9-16/h2-5,8-9,17H,6-7,11-12H2,1H3/t17-/m0/s1. The van der Waals surface area contributed by atoms with Crippen molar-refractivity contribution in [1.82, 2.24) is 4.90 Å². The number of nitrogens with zero attached hydrogens (tertiary/aromatic N) is 3. The van der Waals surface area contributed by atoms with E-state index in [2.05, 4.69) is 0 Å². The molecule has 1 saturated heterocycles. The van der Waals surface area contributed by atoms with Gasteiger partial charge in [-0.05, 0) is 42.8 Å². The van der Waals surface area contributed by atoms with Crippen molar-refractivity contribution in [3.8, 4) is 6.07 Å². The number of hydrogen-bond donors (Lipinski definition) is 0. The van der Waals surface area contributed by atoms with E-state index in [1.165, 1.54) is 7.11 Å². The Morgan fingerprint density at radius 1 is 1.36 bits per heavy atom. The van der Waals surface area contributed by atoms with Gasteiger partial charge in [0.25, 0.3) is 0 Å². The van der Waals surface area contributed by atoms with E-state index in [1.807, 2.05) is 11.0 Å². The first-order valence-corrected chi connectivity index (χ1v) is 9.04. The smallest absolute Gasteiger partial charge is 0.409 e. The molecule has 0 aliphatic carbocycles. The molecule has 1 aliphatic rings. The highest BCUT2D eigenvalue weighted by Gasteiger charge is 2.32. The van der Waals surface area contributed by atoms with Gasteiger partial charge < -0.3 is 14.5 Å². The van der Waals surface area contributed by atoms with Gasteiger partial charge in [-0.25, -0.2) is 13.6 Å². The zero-order chi connectivity index (χ0) is 20.3. The summed E-state index contributed by atoms with van der Waals surface area (Å²) in [4.78, 5) is 15.3. The fraction of sp³-hybridized carbons (Fsp3) is 0.300. The molecule has 146 valence electrons. The van der Waals surface area contributed by atoms with Gasteiger partial charge >= 0.3 is 6.09 Å². The summed E-state index contributed by atoms with van der Waals surface area (Å²) in [7, 11) is 1.32. The van der Waals surface area contributed by atoms with Gasteiger partial charge in [0.2, 0.25) is 0 Å². The number of carbonyl (C=O) groups excluding carboxylic acids is 1. The van der Waals surface area contributed by atoms with Crippen molar-refractivity contribution in [2.45, 2.75) is 19.0 Å². The Hall–Kier alpha value is -2.85. The Bertz CT molecular complexity index is 932. The first-order valence-electron chi connectivity index (χ1n) is 8.66. The van der Waals surface area contributed by atoms with Crippen molar-refractivity contribution in [2.24, 2.45) is 0 Å². The number of nitriles is 1. The SMILES string of the molecule is COC(=O)N1CC[C@H](N(Cc2cc(F)ccc2F)c2ccc(C#N)c(Cl)c2)C1. The summed E-state index contributed by atoms with van der Waals surface area (Å²) >= 11 is 6.17. The van der Waals surface area contributed by atoms with Gasteiger partial charge in [0.05, 0.1) is 17.7 Å². The molecule has 1 fully saturated rings. The van der Waals surface area contributed by atoms with E-state index in [1.54, 1.807) is 23.1 Å². The van der Waals surface area contributed by atoms with Crippen molar-refractivity contribution in [1.29, 1.82) is 5.26 Å².